The molecule has 1 rings (SSSR count). The number of allylic oxidation sites excluding steroid dienone is 2. The Bertz CT molecular complexity index is 823. The highest BCUT2D eigenvalue weighted by molar-refractivity contribution is 5.69. The molecule has 1 heterocycles. The first-order valence-corrected chi connectivity index (χ1v) is 22.3. The zero-order chi connectivity index (χ0) is 38.6. The smallest absolute Gasteiger partial charge is 0.306 e. The minimum absolute atomic E-state index is 0.111. The van der Waals surface area contributed by atoms with Gasteiger partial charge in [-0.05, 0) is 38.5 Å². The molecular formula is C44H84O9. The second kappa shape index (κ2) is 36.6. The van der Waals surface area contributed by atoms with Crippen molar-refractivity contribution in [3.63, 3.8) is 0 Å². The molecule has 1 aliphatic heterocycles. The molecule has 0 aromatic rings. The lowest BCUT2D eigenvalue weighted by atomic mass is 9.99. The van der Waals surface area contributed by atoms with Crippen LogP contribution in [0.5, 0.6) is 0 Å². The first-order valence-electron chi connectivity index (χ1n) is 22.3. The molecule has 0 radical (unpaired) electrons. The third-order valence-electron chi connectivity index (χ3n) is 10.4. The third kappa shape index (κ3) is 28.1. The van der Waals surface area contributed by atoms with E-state index in [1.165, 1.54) is 148 Å². The highest BCUT2D eigenvalue weighted by atomic mass is 16.7. The Labute approximate surface area is 325 Å². The third-order valence-corrected chi connectivity index (χ3v) is 10.4. The minimum Gasteiger partial charge on any atom is -0.457 e. The number of carbonyl (C=O) groups excluding carboxylic acids is 1. The number of unbranched alkanes of at least 4 members (excludes halogenated alkanes) is 25. The molecular weight excluding hydrogens is 672 g/mol. The van der Waals surface area contributed by atoms with Gasteiger partial charge in [-0.2, -0.15) is 0 Å². The SMILES string of the molecule is CCCCCCC/C=C\CCCCCCCCOCC(COC1OC(CO)C(O)C(O)C1O)OC(=O)CCCCCCCCCCCCCCCCC. The van der Waals surface area contributed by atoms with Crippen LogP contribution < -0.4 is 0 Å². The normalized spacial score (nSPS) is 21.1. The fraction of sp³-hybridized carbons (Fsp3) is 0.932. The Morgan fingerprint density at radius 1 is 0.585 bits per heavy atom. The molecule has 53 heavy (non-hydrogen) atoms. The molecule has 0 amide bonds. The van der Waals surface area contributed by atoms with Gasteiger partial charge in [-0.25, -0.2) is 0 Å². The summed E-state index contributed by atoms with van der Waals surface area (Å²) in [5.41, 5.74) is 0. The zero-order valence-electron chi connectivity index (χ0n) is 34.3. The topological polar surface area (TPSA) is 135 Å². The molecule has 0 aliphatic carbocycles. The number of carbonyl (C=O) groups is 1. The summed E-state index contributed by atoms with van der Waals surface area (Å²) in [5.74, 6) is -0.312. The Morgan fingerprint density at radius 2 is 1.04 bits per heavy atom. The van der Waals surface area contributed by atoms with Gasteiger partial charge in [0.25, 0.3) is 0 Å². The second-order valence-electron chi connectivity index (χ2n) is 15.5. The van der Waals surface area contributed by atoms with Gasteiger partial charge in [-0.1, -0.05) is 167 Å². The maximum Gasteiger partial charge on any atom is 0.306 e. The lowest BCUT2D eigenvalue weighted by molar-refractivity contribution is -0.305. The van der Waals surface area contributed by atoms with Gasteiger partial charge >= 0.3 is 5.97 Å². The van der Waals surface area contributed by atoms with E-state index in [0.717, 1.165) is 32.1 Å². The van der Waals surface area contributed by atoms with Gasteiger partial charge in [0, 0.05) is 13.0 Å². The summed E-state index contributed by atoms with van der Waals surface area (Å²) in [5, 5.41) is 40.1. The molecule has 9 heteroatoms. The maximum atomic E-state index is 12.8. The minimum atomic E-state index is -1.53. The summed E-state index contributed by atoms with van der Waals surface area (Å²) in [6.07, 6.45) is 32.3. The molecule has 0 spiro atoms. The summed E-state index contributed by atoms with van der Waals surface area (Å²) in [6.45, 7) is 4.56. The van der Waals surface area contributed by atoms with Crippen molar-refractivity contribution in [1.29, 1.82) is 0 Å². The van der Waals surface area contributed by atoms with E-state index in [4.69, 9.17) is 18.9 Å². The van der Waals surface area contributed by atoms with Crippen molar-refractivity contribution < 1.29 is 44.2 Å². The molecule has 0 aromatic heterocycles. The molecule has 0 aromatic carbocycles. The van der Waals surface area contributed by atoms with E-state index < -0.39 is 43.4 Å². The molecule has 4 N–H and O–H groups in total. The quantitative estimate of drug-likeness (QED) is 0.0276. The van der Waals surface area contributed by atoms with Gasteiger partial charge in [0.2, 0.25) is 0 Å². The monoisotopic (exact) mass is 757 g/mol. The van der Waals surface area contributed by atoms with Crippen LogP contribution in [0.3, 0.4) is 0 Å². The van der Waals surface area contributed by atoms with Crippen molar-refractivity contribution in [2.45, 2.75) is 237 Å². The van der Waals surface area contributed by atoms with E-state index in [0.29, 0.717) is 13.0 Å². The van der Waals surface area contributed by atoms with Gasteiger partial charge in [-0.15, -0.1) is 0 Å². The molecule has 314 valence electrons. The van der Waals surface area contributed by atoms with Crippen LogP contribution in [-0.2, 0) is 23.7 Å². The van der Waals surface area contributed by atoms with Crippen LogP contribution in [0, 0.1) is 0 Å². The molecule has 0 saturated carbocycles. The van der Waals surface area contributed by atoms with Gasteiger partial charge < -0.3 is 39.4 Å². The summed E-state index contributed by atoms with van der Waals surface area (Å²) >= 11 is 0. The highest BCUT2D eigenvalue weighted by Gasteiger charge is 2.44. The fourth-order valence-electron chi connectivity index (χ4n) is 6.90. The van der Waals surface area contributed by atoms with E-state index >= 15 is 0 Å². The highest BCUT2D eigenvalue weighted by Crippen LogP contribution is 2.22. The first kappa shape index (κ1) is 49.9. The molecule has 1 fully saturated rings. The average molecular weight is 757 g/mol. The van der Waals surface area contributed by atoms with Crippen molar-refractivity contribution in [2.24, 2.45) is 0 Å². The Morgan fingerprint density at radius 3 is 1.53 bits per heavy atom. The van der Waals surface area contributed by atoms with Crippen molar-refractivity contribution in [1.82, 2.24) is 0 Å². The number of rotatable bonds is 38. The standard InChI is InChI=1S/C44H84O9/c1-3-5-7-9-11-13-15-17-19-21-23-25-27-29-31-33-40(46)52-38(37-51-44-43(49)42(48)41(47)39(35-45)53-44)36-50-34-32-30-28-26-24-22-20-18-16-14-12-10-8-6-4-2/h16,18,38-39,41-45,47-49H,3-15,17,19-37H2,1-2H3/b18-16-. The summed E-state index contributed by atoms with van der Waals surface area (Å²) in [7, 11) is 0. The van der Waals surface area contributed by atoms with Crippen molar-refractivity contribution in [2.75, 3.05) is 26.4 Å². The van der Waals surface area contributed by atoms with Crippen LogP contribution in [0.1, 0.15) is 200 Å². The van der Waals surface area contributed by atoms with Gasteiger partial charge in [0.05, 0.1) is 19.8 Å². The van der Waals surface area contributed by atoms with Gasteiger partial charge in [0.15, 0.2) is 6.29 Å². The largest absolute Gasteiger partial charge is 0.457 e. The van der Waals surface area contributed by atoms with E-state index in [2.05, 4.69) is 26.0 Å². The number of ether oxygens (including phenoxy) is 4. The maximum absolute atomic E-state index is 12.8. The number of hydrogen-bond acceptors (Lipinski definition) is 9. The van der Waals surface area contributed by atoms with Crippen LogP contribution in [0.25, 0.3) is 0 Å². The van der Waals surface area contributed by atoms with Crippen LogP contribution in [-0.4, -0.2) is 89.6 Å². The second-order valence-corrected chi connectivity index (χ2v) is 15.5. The van der Waals surface area contributed by atoms with Crippen LogP contribution >= 0.6 is 0 Å². The zero-order valence-corrected chi connectivity index (χ0v) is 34.3. The molecule has 0 bridgehead atoms. The number of aliphatic hydroxyl groups is 4. The molecule has 1 saturated heterocycles. The number of aliphatic hydroxyl groups excluding tert-OH is 4. The fourth-order valence-corrected chi connectivity index (χ4v) is 6.90. The first-order chi connectivity index (χ1) is 25.9. The van der Waals surface area contributed by atoms with E-state index in [9.17, 15) is 25.2 Å². The van der Waals surface area contributed by atoms with Crippen LogP contribution in [0.2, 0.25) is 0 Å². The average Bonchev–Trinajstić information content (AvgIpc) is 3.16. The van der Waals surface area contributed by atoms with Crippen LogP contribution in [0.4, 0.5) is 0 Å². The summed E-state index contributed by atoms with van der Waals surface area (Å²) < 4.78 is 22.8. The summed E-state index contributed by atoms with van der Waals surface area (Å²) in [4.78, 5) is 12.8. The molecule has 1 aliphatic rings. The molecule has 9 nitrogen and oxygen atoms in total. The van der Waals surface area contributed by atoms with E-state index in [1.807, 2.05) is 0 Å². The predicted octanol–water partition coefficient (Wildman–Crippen LogP) is 9.64. The molecule has 6 atom stereocenters. The Hall–Kier alpha value is -1.07. The van der Waals surface area contributed by atoms with E-state index in [-0.39, 0.29) is 19.2 Å². The van der Waals surface area contributed by atoms with Gasteiger partial charge in [-0.3, -0.25) is 4.79 Å². The van der Waals surface area contributed by atoms with Crippen molar-refractivity contribution in [3.05, 3.63) is 12.2 Å². The number of esters is 1. The molecule has 6 unspecified atom stereocenters. The van der Waals surface area contributed by atoms with E-state index in [1.54, 1.807) is 0 Å². The Balaban J connectivity index is 2.27. The lowest BCUT2D eigenvalue weighted by Crippen LogP contribution is -2.59. The lowest BCUT2D eigenvalue weighted by Gasteiger charge is -2.39. The van der Waals surface area contributed by atoms with Crippen molar-refractivity contribution >= 4 is 5.97 Å². The van der Waals surface area contributed by atoms with Gasteiger partial charge in [0.1, 0.15) is 30.5 Å². The predicted molar refractivity (Wildman–Crippen MR) is 215 cm³/mol. The van der Waals surface area contributed by atoms with Crippen molar-refractivity contribution in [3.8, 4) is 0 Å². The summed E-state index contributed by atoms with van der Waals surface area (Å²) in [6, 6.07) is 0. The Kier molecular flexibility index (Phi) is 34.5. The number of hydrogen-bond donors (Lipinski definition) is 4. The van der Waals surface area contributed by atoms with Crippen LogP contribution in [0.15, 0.2) is 12.2 Å².